The highest BCUT2D eigenvalue weighted by atomic mass is 32.4. The predicted molar refractivity (Wildman–Crippen MR) is 225 cm³/mol. The highest BCUT2D eigenvalue weighted by Crippen LogP contribution is 2.49. The fraction of sp³-hybridized carbons (Fsp3) is 0.205. The van der Waals surface area contributed by atoms with E-state index in [4.69, 9.17) is 35.3 Å². The molecule has 0 saturated carbocycles. The van der Waals surface area contributed by atoms with Crippen LogP contribution < -0.4 is 25.6 Å². The minimum absolute atomic E-state index is 0.0438. The van der Waals surface area contributed by atoms with E-state index in [9.17, 15) is 9.59 Å². The van der Waals surface area contributed by atoms with E-state index in [1.807, 2.05) is 122 Å². The Hall–Kier alpha value is -5.62. The average Bonchev–Trinajstić information content (AvgIpc) is 3.63. The van der Waals surface area contributed by atoms with Crippen LogP contribution >= 0.6 is 6.42 Å². The Morgan fingerprint density at radius 2 is 1.35 bits per heavy atom. The summed E-state index contributed by atoms with van der Waals surface area (Å²) in [6.07, 6.45) is -2.88. The Morgan fingerprint density at radius 1 is 0.807 bits per heavy atom. The highest BCUT2D eigenvalue weighted by molar-refractivity contribution is 8.12. The molecule has 1 amide bonds. The number of carbonyl (C=O) groups is 1. The molecular formula is C44H43N4O7PS. The third kappa shape index (κ3) is 9.17. The Morgan fingerprint density at radius 3 is 1.91 bits per heavy atom. The van der Waals surface area contributed by atoms with Gasteiger partial charge in [-0.2, -0.15) is 4.98 Å². The summed E-state index contributed by atoms with van der Waals surface area (Å²) in [5, 5.41) is 6.11. The van der Waals surface area contributed by atoms with Crippen LogP contribution in [0, 0.1) is 0 Å². The molecule has 292 valence electrons. The maximum atomic E-state index is 13.6. The third-order valence-electron chi connectivity index (χ3n) is 9.68. The first-order valence-electron chi connectivity index (χ1n) is 18.4. The largest absolute Gasteiger partial charge is 0.497 e. The summed E-state index contributed by atoms with van der Waals surface area (Å²) < 4.78 is 33.1. The molecule has 5 aromatic carbocycles. The van der Waals surface area contributed by atoms with Gasteiger partial charge in [-0.25, -0.2) is 4.79 Å². The molecule has 13 heteroatoms. The van der Waals surface area contributed by atoms with E-state index < -0.39 is 36.1 Å². The molecule has 1 aliphatic rings. The molecule has 0 aliphatic carbocycles. The summed E-state index contributed by atoms with van der Waals surface area (Å²) in [6, 6.07) is 45.5. The van der Waals surface area contributed by atoms with Crippen LogP contribution in [0.1, 0.15) is 39.7 Å². The van der Waals surface area contributed by atoms with Crippen LogP contribution in [0.25, 0.3) is 0 Å². The quantitative estimate of drug-likeness (QED) is 0.0776. The van der Waals surface area contributed by atoms with Crippen LogP contribution in [0.5, 0.6) is 11.5 Å². The Kier molecular flexibility index (Phi) is 12.3. The predicted octanol–water partition coefficient (Wildman–Crippen LogP) is 8.25. The monoisotopic (exact) mass is 802 g/mol. The van der Waals surface area contributed by atoms with Crippen molar-refractivity contribution in [3.05, 3.63) is 185 Å². The van der Waals surface area contributed by atoms with Gasteiger partial charge in [0.15, 0.2) is 6.42 Å². The van der Waals surface area contributed by atoms with Gasteiger partial charge < -0.3 is 33.9 Å². The van der Waals surface area contributed by atoms with Gasteiger partial charge in [0.05, 0.1) is 26.9 Å². The summed E-state index contributed by atoms with van der Waals surface area (Å²) in [7, 11) is 3.26. The van der Waals surface area contributed by atoms with Gasteiger partial charge in [-0.3, -0.25) is 9.36 Å². The zero-order valence-electron chi connectivity index (χ0n) is 31.7. The topological polar surface area (TPSA) is 122 Å². The van der Waals surface area contributed by atoms with Crippen molar-refractivity contribution in [2.45, 2.75) is 30.5 Å². The Bertz CT molecular complexity index is 2320. The van der Waals surface area contributed by atoms with Crippen molar-refractivity contribution >= 4 is 35.6 Å². The lowest BCUT2D eigenvalue weighted by Crippen LogP contribution is -2.38. The van der Waals surface area contributed by atoms with E-state index in [2.05, 4.69) is 15.4 Å². The molecule has 0 spiro atoms. The van der Waals surface area contributed by atoms with Crippen LogP contribution in [0.2, 0.25) is 0 Å². The average molecular weight is 803 g/mol. The fourth-order valence-corrected chi connectivity index (χ4v) is 8.98. The molecule has 0 bridgehead atoms. The van der Waals surface area contributed by atoms with Gasteiger partial charge >= 0.3 is 5.69 Å². The van der Waals surface area contributed by atoms with Gasteiger partial charge in [-0.1, -0.05) is 91.0 Å². The van der Waals surface area contributed by atoms with Crippen molar-refractivity contribution in [1.82, 2.24) is 9.55 Å². The van der Waals surface area contributed by atoms with Crippen molar-refractivity contribution in [2.75, 3.05) is 37.9 Å². The lowest BCUT2D eigenvalue weighted by molar-refractivity contribution is -0.0908. The molecule has 6 aromatic rings. The summed E-state index contributed by atoms with van der Waals surface area (Å²) in [5.74, 6) is 1.15. The van der Waals surface area contributed by atoms with Crippen molar-refractivity contribution in [1.29, 1.82) is 0 Å². The number of anilines is 2. The number of hydrogen-bond acceptors (Lipinski definition) is 9. The second kappa shape index (κ2) is 17.7. The van der Waals surface area contributed by atoms with E-state index in [-0.39, 0.29) is 24.8 Å². The first-order valence-corrected chi connectivity index (χ1v) is 21.5. The second-order valence-corrected chi connectivity index (χ2v) is 17.7. The molecule has 1 fully saturated rings. The van der Waals surface area contributed by atoms with Crippen LogP contribution in [0.3, 0.4) is 0 Å². The van der Waals surface area contributed by atoms with Crippen LogP contribution in [-0.2, 0) is 31.4 Å². The molecular weight excluding hydrogens is 760 g/mol. The van der Waals surface area contributed by atoms with E-state index in [1.165, 1.54) is 4.57 Å². The van der Waals surface area contributed by atoms with Crippen LogP contribution in [0.4, 0.5) is 11.5 Å². The summed E-state index contributed by atoms with van der Waals surface area (Å²) in [5.41, 5.74) is 2.14. The number of ether oxygens (including phenoxy) is 4. The molecule has 0 radical (unpaired) electrons. The lowest BCUT2D eigenvalue weighted by atomic mass is 9.80. The van der Waals surface area contributed by atoms with Gasteiger partial charge in [0.1, 0.15) is 35.2 Å². The Balaban J connectivity index is 1.23. The number of aromatic nitrogens is 2. The van der Waals surface area contributed by atoms with Gasteiger partial charge in [-0.05, 0) is 83.1 Å². The first-order chi connectivity index (χ1) is 27.7. The Labute approximate surface area is 336 Å². The third-order valence-corrected chi connectivity index (χ3v) is 11.5. The maximum Gasteiger partial charge on any atom is 0.351 e. The second-order valence-electron chi connectivity index (χ2n) is 13.5. The number of hydrogen-bond donors (Lipinski definition) is 2. The van der Waals surface area contributed by atoms with Crippen LogP contribution in [-0.4, -0.2) is 55.2 Å². The summed E-state index contributed by atoms with van der Waals surface area (Å²) in [6.45, 7) is 1.92. The number of amides is 1. The number of nitrogens with one attached hydrogen (secondary N) is 2. The molecule has 57 heavy (non-hydrogen) atoms. The van der Waals surface area contributed by atoms with Crippen molar-refractivity contribution in [2.24, 2.45) is 0 Å². The molecule has 11 nitrogen and oxygen atoms in total. The number of benzene rings is 5. The molecule has 0 unspecified atom stereocenters. The van der Waals surface area contributed by atoms with E-state index in [0.717, 1.165) is 22.4 Å². The van der Waals surface area contributed by atoms with Gasteiger partial charge in [0.2, 0.25) is 0 Å². The van der Waals surface area contributed by atoms with Gasteiger partial charge in [0, 0.05) is 30.5 Å². The minimum Gasteiger partial charge on any atom is -0.497 e. The van der Waals surface area contributed by atoms with E-state index in [0.29, 0.717) is 17.1 Å². The molecule has 2 N–H and O–H groups in total. The lowest BCUT2D eigenvalue weighted by Gasteiger charge is -2.37. The number of methoxy groups -OCH3 is 2. The van der Waals surface area contributed by atoms with Crippen molar-refractivity contribution in [3.8, 4) is 11.5 Å². The molecule has 7 rings (SSSR count). The van der Waals surface area contributed by atoms with Gasteiger partial charge in [0.25, 0.3) is 5.91 Å². The molecule has 4 atom stereocenters. The van der Waals surface area contributed by atoms with Crippen molar-refractivity contribution < 1.29 is 28.3 Å². The zero-order chi connectivity index (χ0) is 39.8. The maximum absolute atomic E-state index is 13.6. The van der Waals surface area contributed by atoms with Crippen molar-refractivity contribution in [3.63, 3.8) is 0 Å². The van der Waals surface area contributed by atoms with E-state index in [1.54, 1.807) is 50.7 Å². The molecule has 1 saturated heterocycles. The number of para-hydroxylation sites is 1. The minimum atomic E-state index is -2.67. The SMILES string of the molecule is COc1ccc(C(OC[C@H]2O[C@@H](n3ccc(NC(=O)c4ccccc4)nc3=O)C[C@@H]2O[P@@](C)(=S)Nc2ccccc2)(c2ccccc2)c2ccc(OC)cc2)cc1. The first kappa shape index (κ1) is 39.6. The fourth-order valence-electron chi connectivity index (χ4n) is 6.92. The standard InChI is InChI=1S/C44H43N4O7PS/c1-51-36-23-19-33(20-24-36)44(32-15-9-5-10-16-32,34-21-25-37(52-2)26-22-34)53-30-39-38(55-56(3,57)47-35-17-11-6-12-18-35)29-41(54-39)48-28-27-40(46-43(48)50)45-42(49)31-13-7-4-8-14-31/h4-28,38-39,41H,29-30H2,1-3H3,(H,47,57)(H,45,46,49,50)/t38-,39+,41+,56-/m0/s1. The summed E-state index contributed by atoms with van der Waals surface area (Å²) in [4.78, 5) is 30.5. The number of nitrogens with zero attached hydrogens (tertiary/aromatic N) is 2. The zero-order valence-corrected chi connectivity index (χ0v) is 33.4. The molecule has 1 aliphatic heterocycles. The van der Waals surface area contributed by atoms with E-state index >= 15 is 0 Å². The number of rotatable bonds is 15. The van der Waals surface area contributed by atoms with Crippen LogP contribution in [0.15, 0.2) is 157 Å². The summed E-state index contributed by atoms with van der Waals surface area (Å²) >= 11 is 6.06. The molecule has 1 aromatic heterocycles. The number of carbonyl (C=O) groups excluding carboxylic acids is 1. The smallest absolute Gasteiger partial charge is 0.351 e. The normalized spacial score (nSPS) is 17.6. The van der Waals surface area contributed by atoms with Gasteiger partial charge in [-0.15, -0.1) is 0 Å². The highest BCUT2D eigenvalue weighted by Gasteiger charge is 2.44. The molecule has 2 heterocycles.